The molecule has 1 aromatic carbocycles. The van der Waals surface area contributed by atoms with Crippen molar-refractivity contribution in [1.82, 2.24) is 9.97 Å². The maximum atomic E-state index is 5.69. The number of aryl methyl sites for hydroxylation is 1. The molecular weight excluding hydrogens is 200 g/mol. The molecule has 0 radical (unpaired) electrons. The van der Waals surface area contributed by atoms with Gasteiger partial charge in [0.2, 0.25) is 0 Å². The van der Waals surface area contributed by atoms with Gasteiger partial charge in [-0.2, -0.15) is 0 Å². The number of hydrogen-bond acceptors (Lipinski definition) is 3. The summed E-state index contributed by atoms with van der Waals surface area (Å²) in [6.07, 6.45) is 4.49. The Bertz CT molecular complexity index is 448. The lowest BCUT2D eigenvalue weighted by molar-refractivity contribution is 0.926. The van der Waals surface area contributed by atoms with Crippen LogP contribution in [0, 0.1) is 6.92 Å². The van der Waals surface area contributed by atoms with Gasteiger partial charge in [0.05, 0.1) is 0 Å². The van der Waals surface area contributed by atoms with Crippen LogP contribution in [0.1, 0.15) is 11.4 Å². The van der Waals surface area contributed by atoms with Gasteiger partial charge in [-0.05, 0) is 30.7 Å². The zero-order valence-corrected chi connectivity index (χ0v) is 9.33. The second-order valence-corrected chi connectivity index (χ2v) is 3.79. The van der Waals surface area contributed by atoms with E-state index in [4.69, 9.17) is 5.73 Å². The predicted octanol–water partition coefficient (Wildman–Crippen LogP) is 1.95. The van der Waals surface area contributed by atoms with Gasteiger partial charge in [-0.15, -0.1) is 0 Å². The van der Waals surface area contributed by atoms with Crippen molar-refractivity contribution in [2.45, 2.75) is 13.3 Å². The summed E-state index contributed by atoms with van der Waals surface area (Å²) in [6.45, 7) is 2.91. The van der Waals surface area contributed by atoms with Crippen LogP contribution in [0.4, 0.5) is 11.4 Å². The van der Waals surface area contributed by atoms with E-state index >= 15 is 0 Å². The Morgan fingerprint density at radius 2 is 2.31 bits per heavy atom. The summed E-state index contributed by atoms with van der Waals surface area (Å²) in [5, 5.41) is 3.36. The molecule has 2 aromatic rings. The topological polar surface area (TPSA) is 66.7 Å². The molecule has 0 spiro atoms. The summed E-state index contributed by atoms with van der Waals surface area (Å²) in [7, 11) is 0. The Morgan fingerprint density at radius 3 is 3.00 bits per heavy atom. The SMILES string of the molecule is Cc1cc(N)ccc1NCCc1ncc[nH]1. The number of nitrogens with two attached hydrogens (primary N) is 1. The van der Waals surface area contributed by atoms with Gasteiger partial charge >= 0.3 is 0 Å². The third kappa shape index (κ3) is 2.53. The monoisotopic (exact) mass is 216 g/mol. The Labute approximate surface area is 94.9 Å². The van der Waals surface area contributed by atoms with Crippen molar-refractivity contribution < 1.29 is 0 Å². The maximum Gasteiger partial charge on any atom is 0.107 e. The molecule has 0 aliphatic rings. The number of nitrogens with one attached hydrogen (secondary N) is 2. The van der Waals surface area contributed by atoms with Crippen molar-refractivity contribution in [1.29, 1.82) is 0 Å². The third-order valence-corrected chi connectivity index (χ3v) is 2.48. The third-order valence-electron chi connectivity index (χ3n) is 2.48. The molecule has 0 saturated carbocycles. The molecule has 0 atom stereocenters. The number of nitrogen functional groups attached to an aromatic ring is 1. The number of H-pyrrole nitrogens is 1. The van der Waals surface area contributed by atoms with Gasteiger partial charge < -0.3 is 16.0 Å². The first kappa shape index (κ1) is 10.5. The van der Waals surface area contributed by atoms with Crippen LogP contribution in [0.5, 0.6) is 0 Å². The number of aromatic nitrogens is 2. The van der Waals surface area contributed by atoms with Crippen LogP contribution in [-0.4, -0.2) is 16.5 Å². The first-order valence-electron chi connectivity index (χ1n) is 5.34. The summed E-state index contributed by atoms with van der Waals surface area (Å²) in [5.41, 5.74) is 8.78. The quantitative estimate of drug-likeness (QED) is 0.684. The molecule has 16 heavy (non-hydrogen) atoms. The fraction of sp³-hybridized carbons (Fsp3) is 0.250. The fourth-order valence-corrected chi connectivity index (χ4v) is 1.64. The summed E-state index contributed by atoms with van der Waals surface area (Å²) >= 11 is 0. The molecule has 1 aromatic heterocycles. The van der Waals surface area contributed by atoms with Gasteiger partial charge in [-0.3, -0.25) is 0 Å². The van der Waals surface area contributed by atoms with Gasteiger partial charge in [0.15, 0.2) is 0 Å². The summed E-state index contributed by atoms with van der Waals surface area (Å²) in [4.78, 5) is 7.24. The van der Waals surface area contributed by atoms with E-state index in [1.54, 1.807) is 6.20 Å². The molecular formula is C12H16N4. The van der Waals surface area contributed by atoms with Crippen molar-refractivity contribution in [2.75, 3.05) is 17.6 Å². The van der Waals surface area contributed by atoms with Crippen molar-refractivity contribution in [3.63, 3.8) is 0 Å². The minimum Gasteiger partial charge on any atom is -0.399 e. The lowest BCUT2D eigenvalue weighted by atomic mass is 10.2. The largest absolute Gasteiger partial charge is 0.399 e. The van der Waals surface area contributed by atoms with Crippen molar-refractivity contribution in [3.05, 3.63) is 42.0 Å². The number of hydrogen-bond donors (Lipinski definition) is 3. The highest BCUT2D eigenvalue weighted by Gasteiger charge is 1.99. The zero-order chi connectivity index (χ0) is 11.4. The Balaban J connectivity index is 1.90. The number of nitrogens with zero attached hydrogens (tertiary/aromatic N) is 1. The number of imidazole rings is 1. The van der Waals surface area contributed by atoms with Crippen LogP contribution in [0.15, 0.2) is 30.6 Å². The highest BCUT2D eigenvalue weighted by molar-refractivity contribution is 5.57. The molecule has 0 aliphatic heterocycles. The second kappa shape index (κ2) is 4.70. The van der Waals surface area contributed by atoms with E-state index in [-0.39, 0.29) is 0 Å². The van der Waals surface area contributed by atoms with E-state index in [1.807, 2.05) is 31.3 Å². The minimum absolute atomic E-state index is 0.800. The van der Waals surface area contributed by atoms with E-state index in [9.17, 15) is 0 Å². The molecule has 0 fully saturated rings. The molecule has 2 rings (SSSR count). The number of rotatable bonds is 4. The second-order valence-electron chi connectivity index (χ2n) is 3.79. The van der Waals surface area contributed by atoms with Crippen molar-refractivity contribution >= 4 is 11.4 Å². The highest BCUT2D eigenvalue weighted by atomic mass is 14.9. The van der Waals surface area contributed by atoms with E-state index in [2.05, 4.69) is 15.3 Å². The maximum absolute atomic E-state index is 5.69. The number of aromatic amines is 1. The Kier molecular flexibility index (Phi) is 3.10. The molecule has 0 aliphatic carbocycles. The van der Waals surface area contributed by atoms with Gasteiger partial charge in [0, 0.05) is 36.7 Å². The first-order valence-corrected chi connectivity index (χ1v) is 5.34. The van der Waals surface area contributed by atoms with Crippen LogP contribution < -0.4 is 11.1 Å². The molecule has 0 amide bonds. The van der Waals surface area contributed by atoms with Crippen molar-refractivity contribution in [2.24, 2.45) is 0 Å². The Morgan fingerprint density at radius 1 is 1.44 bits per heavy atom. The Hall–Kier alpha value is -1.97. The predicted molar refractivity (Wildman–Crippen MR) is 66.4 cm³/mol. The lowest BCUT2D eigenvalue weighted by Gasteiger charge is -2.09. The highest BCUT2D eigenvalue weighted by Crippen LogP contribution is 2.17. The van der Waals surface area contributed by atoms with Crippen molar-refractivity contribution in [3.8, 4) is 0 Å². The summed E-state index contributed by atoms with van der Waals surface area (Å²) in [6, 6.07) is 5.88. The standard InChI is InChI=1S/C12H16N4/c1-9-8-10(13)2-3-11(9)14-5-4-12-15-6-7-16-12/h2-3,6-8,14H,4-5,13H2,1H3,(H,15,16). The van der Waals surface area contributed by atoms with Crippen LogP contribution in [0.3, 0.4) is 0 Å². The molecule has 84 valence electrons. The molecule has 4 N–H and O–H groups in total. The van der Waals surface area contributed by atoms with Gasteiger partial charge in [-0.1, -0.05) is 0 Å². The van der Waals surface area contributed by atoms with E-state index in [1.165, 1.54) is 5.56 Å². The normalized spacial score (nSPS) is 10.3. The van der Waals surface area contributed by atoms with Crippen LogP contribution in [0.2, 0.25) is 0 Å². The number of benzene rings is 1. The van der Waals surface area contributed by atoms with E-state index < -0.39 is 0 Å². The average Bonchev–Trinajstić information content (AvgIpc) is 2.74. The smallest absolute Gasteiger partial charge is 0.107 e. The molecule has 0 unspecified atom stereocenters. The summed E-state index contributed by atoms with van der Waals surface area (Å²) < 4.78 is 0. The van der Waals surface area contributed by atoms with Crippen LogP contribution >= 0.6 is 0 Å². The number of anilines is 2. The molecule has 4 nitrogen and oxygen atoms in total. The minimum atomic E-state index is 0.800. The van der Waals surface area contributed by atoms with Crippen LogP contribution in [0.25, 0.3) is 0 Å². The van der Waals surface area contributed by atoms with Crippen LogP contribution in [-0.2, 0) is 6.42 Å². The van der Waals surface area contributed by atoms with Gasteiger partial charge in [0.1, 0.15) is 5.82 Å². The fourth-order valence-electron chi connectivity index (χ4n) is 1.64. The molecule has 1 heterocycles. The molecule has 0 saturated heterocycles. The molecule has 4 heteroatoms. The molecule has 0 bridgehead atoms. The summed E-state index contributed by atoms with van der Waals surface area (Å²) in [5.74, 6) is 1.00. The van der Waals surface area contributed by atoms with E-state index in [0.29, 0.717) is 0 Å². The first-order chi connectivity index (χ1) is 7.75. The van der Waals surface area contributed by atoms with Gasteiger partial charge in [-0.25, -0.2) is 4.98 Å². The zero-order valence-electron chi connectivity index (χ0n) is 9.33. The lowest BCUT2D eigenvalue weighted by Crippen LogP contribution is -2.07. The van der Waals surface area contributed by atoms with Gasteiger partial charge in [0.25, 0.3) is 0 Å². The average molecular weight is 216 g/mol. The van der Waals surface area contributed by atoms with E-state index in [0.717, 1.165) is 30.2 Å².